The second-order valence-electron chi connectivity index (χ2n) is 6.72. The van der Waals surface area contributed by atoms with Gasteiger partial charge in [0.05, 0.1) is 0 Å². The predicted molar refractivity (Wildman–Crippen MR) is 107 cm³/mol. The number of nitrogens with one attached hydrogen (secondary N) is 2. The van der Waals surface area contributed by atoms with Crippen molar-refractivity contribution in [1.29, 1.82) is 0 Å². The Bertz CT molecular complexity index is 763. The number of benzene rings is 1. The first-order valence-corrected chi connectivity index (χ1v) is 9.52. The van der Waals surface area contributed by atoms with Gasteiger partial charge in [-0.05, 0) is 25.0 Å². The largest absolute Gasteiger partial charge is 0.354 e. The summed E-state index contributed by atoms with van der Waals surface area (Å²) in [5.41, 5.74) is 1.17. The Morgan fingerprint density at radius 2 is 1.71 bits per heavy atom. The minimum atomic E-state index is -0.584. The van der Waals surface area contributed by atoms with Gasteiger partial charge in [0.15, 0.2) is 0 Å². The topological polar surface area (TPSA) is 90.5 Å². The summed E-state index contributed by atoms with van der Waals surface area (Å²) in [6, 6.07) is 10.9. The van der Waals surface area contributed by atoms with Gasteiger partial charge in [0.25, 0.3) is 0 Å². The highest BCUT2D eigenvalue weighted by Crippen LogP contribution is 2.09. The van der Waals surface area contributed by atoms with Crippen LogP contribution in [0.3, 0.4) is 0 Å². The van der Waals surface area contributed by atoms with Gasteiger partial charge in [0.2, 0.25) is 11.9 Å². The fourth-order valence-corrected chi connectivity index (χ4v) is 3.03. The molecule has 1 aliphatic heterocycles. The van der Waals surface area contributed by atoms with Crippen molar-refractivity contribution in [1.82, 2.24) is 25.5 Å². The summed E-state index contributed by atoms with van der Waals surface area (Å²) < 4.78 is 0. The molecule has 8 heteroatoms. The number of nitrogens with zero attached hydrogens (tertiary/aromatic N) is 4. The standard InChI is InChI=1S/C20H26N6O2/c1-16(18(27)21-11-8-17-6-3-2-4-7-17)24-20(28)26-14-12-25(13-15-26)19-22-9-5-10-23-19/h2-7,9-10,16H,8,11-15H2,1H3,(H,21,27)(H,24,28)/t16-/m1/s1. The third-order valence-electron chi connectivity index (χ3n) is 4.69. The molecule has 1 aromatic heterocycles. The first kappa shape index (κ1) is 19.6. The number of carbonyl (C=O) groups is 2. The molecule has 0 radical (unpaired) electrons. The molecule has 0 spiro atoms. The third-order valence-corrected chi connectivity index (χ3v) is 4.69. The maximum Gasteiger partial charge on any atom is 0.318 e. The summed E-state index contributed by atoms with van der Waals surface area (Å²) >= 11 is 0. The van der Waals surface area contributed by atoms with E-state index < -0.39 is 6.04 Å². The summed E-state index contributed by atoms with van der Waals surface area (Å²) in [6.07, 6.45) is 4.18. The van der Waals surface area contributed by atoms with Gasteiger partial charge in [-0.15, -0.1) is 0 Å². The van der Waals surface area contributed by atoms with Crippen LogP contribution in [0.15, 0.2) is 48.8 Å². The molecule has 1 aliphatic rings. The van der Waals surface area contributed by atoms with Crippen molar-refractivity contribution >= 4 is 17.9 Å². The van der Waals surface area contributed by atoms with Crippen LogP contribution in [-0.4, -0.2) is 65.6 Å². The minimum Gasteiger partial charge on any atom is -0.354 e. The van der Waals surface area contributed by atoms with Crippen molar-refractivity contribution in [3.05, 3.63) is 54.4 Å². The van der Waals surface area contributed by atoms with Crippen LogP contribution < -0.4 is 15.5 Å². The number of piperazine rings is 1. The number of urea groups is 1. The Morgan fingerprint density at radius 1 is 1.04 bits per heavy atom. The van der Waals surface area contributed by atoms with Crippen molar-refractivity contribution in [2.75, 3.05) is 37.6 Å². The van der Waals surface area contributed by atoms with Gasteiger partial charge in [-0.25, -0.2) is 14.8 Å². The zero-order valence-electron chi connectivity index (χ0n) is 16.0. The van der Waals surface area contributed by atoms with Crippen LogP contribution in [-0.2, 0) is 11.2 Å². The molecule has 2 aromatic rings. The van der Waals surface area contributed by atoms with Crippen LogP contribution in [0, 0.1) is 0 Å². The molecule has 2 heterocycles. The average Bonchev–Trinajstić information content (AvgIpc) is 2.75. The molecule has 28 heavy (non-hydrogen) atoms. The SMILES string of the molecule is C[C@@H](NC(=O)N1CCN(c2ncccn2)CC1)C(=O)NCCc1ccccc1. The lowest BCUT2D eigenvalue weighted by molar-refractivity contribution is -0.122. The molecule has 1 atom stereocenters. The normalized spacial score (nSPS) is 15.0. The molecule has 1 fully saturated rings. The second-order valence-corrected chi connectivity index (χ2v) is 6.72. The van der Waals surface area contributed by atoms with Gasteiger partial charge in [0, 0.05) is 45.1 Å². The lowest BCUT2D eigenvalue weighted by atomic mass is 10.1. The Balaban J connectivity index is 1.38. The molecule has 1 saturated heterocycles. The monoisotopic (exact) mass is 382 g/mol. The fraction of sp³-hybridized carbons (Fsp3) is 0.400. The summed E-state index contributed by atoms with van der Waals surface area (Å²) in [4.78, 5) is 36.9. The van der Waals surface area contributed by atoms with E-state index in [1.54, 1.807) is 30.3 Å². The van der Waals surface area contributed by atoms with Crippen molar-refractivity contribution in [3.8, 4) is 0 Å². The van der Waals surface area contributed by atoms with Crippen LogP contribution in [0.2, 0.25) is 0 Å². The predicted octanol–water partition coefficient (Wildman–Crippen LogP) is 1.06. The Labute approximate surface area is 165 Å². The van der Waals surface area contributed by atoms with Crippen molar-refractivity contribution in [2.24, 2.45) is 0 Å². The summed E-state index contributed by atoms with van der Waals surface area (Å²) in [5, 5.41) is 5.65. The number of anilines is 1. The summed E-state index contributed by atoms with van der Waals surface area (Å²) in [5.74, 6) is 0.495. The van der Waals surface area contributed by atoms with Crippen molar-refractivity contribution in [3.63, 3.8) is 0 Å². The quantitative estimate of drug-likeness (QED) is 0.780. The van der Waals surface area contributed by atoms with E-state index in [0.29, 0.717) is 38.7 Å². The molecule has 0 bridgehead atoms. The molecular weight excluding hydrogens is 356 g/mol. The number of carbonyl (C=O) groups excluding carboxylic acids is 2. The van der Waals surface area contributed by atoms with E-state index in [-0.39, 0.29) is 11.9 Å². The zero-order chi connectivity index (χ0) is 19.8. The van der Waals surface area contributed by atoms with E-state index in [1.165, 1.54) is 5.56 Å². The lowest BCUT2D eigenvalue weighted by Crippen LogP contribution is -2.55. The maximum absolute atomic E-state index is 12.4. The van der Waals surface area contributed by atoms with Crippen LogP contribution in [0.4, 0.5) is 10.7 Å². The molecule has 1 aromatic carbocycles. The van der Waals surface area contributed by atoms with Gasteiger partial charge in [0.1, 0.15) is 6.04 Å². The van der Waals surface area contributed by atoms with Crippen molar-refractivity contribution < 1.29 is 9.59 Å². The number of hydrogen-bond donors (Lipinski definition) is 2. The number of amides is 3. The Kier molecular flexibility index (Phi) is 6.78. The molecule has 3 rings (SSSR count). The highest BCUT2D eigenvalue weighted by atomic mass is 16.2. The average molecular weight is 382 g/mol. The van der Waals surface area contributed by atoms with E-state index in [2.05, 4.69) is 20.6 Å². The highest BCUT2D eigenvalue weighted by Gasteiger charge is 2.24. The maximum atomic E-state index is 12.4. The second kappa shape index (κ2) is 9.68. The van der Waals surface area contributed by atoms with Gasteiger partial charge in [-0.1, -0.05) is 30.3 Å². The third kappa shape index (κ3) is 5.42. The van der Waals surface area contributed by atoms with Crippen LogP contribution in [0.25, 0.3) is 0 Å². The lowest BCUT2D eigenvalue weighted by Gasteiger charge is -2.35. The molecule has 0 saturated carbocycles. The van der Waals surface area contributed by atoms with E-state index in [0.717, 1.165) is 6.42 Å². The summed E-state index contributed by atoms with van der Waals surface area (Å²) in [6.45, 7) is 4.69. The molecule has 148 valence electrons. The van der Waals surface area contributed by atoms with Crippen LogP contribution in [0.5, 0.6) is 0 Å². The summed E-state index contributed by atoms with van der Waals surface area (Å²) in [7, 11) is 0. The van der Waals surface area contributed by atoms with Crippen LogP contribution in [0.1, 0.15) is 12.5 Å². The Hall–Kier alpha value is -3.16. The van der Waals surface area contributed by atoms with E-state index >= 15 is 0 Å². The molecule has 0 aliphatic carbocycles. The number of rotatable bonds is 6. The molecule has 3 amide bonds. The van der Waals surface area contributed by atoms with E-state index in [4.69, 9.17) is 0 Å². The van der Waals surface area contributed by atoms with E-state index in [1.807, 2.05) is 35.2 Å². The van der Waals surface area contributed by atoms with Crippen LogP contribution >= 0.6 is 0 Å². The Morgan fingerprint density at radius 3 is 2.39 bits per heavy atom. The number of hydrogen-bond acceptors (Lipinski definition) is 5. The minimum absolute atomic E-state index is 0.180. The highest BCUT2D eigenvalue weighted by molar-refractivity contribution is 5.86. The van der Waals surface area contributed by atoms with Gasteiger partial charge >= 0.3 is 6.03 Å². The smallest absolute Gasteiger partial charge is 0.318 e. The van der Waals surface area contributed by atoms with Gasteiger partial charge in [-0.3, -0.25) is 4.79 Å². The number of aromatic nitrogens is 2. The van der Waals surface area contributed by atoms with Crippen molar-refractivity contribution in [2.45, 2.75) is 19.4 Å². The molecular formula is C20H26N6O2. The first-order valence-electron chi connectivity index (χ1n) is 9.52. The van der Waals surface area contributed by atoms with Gasteiger partial charge < -0.3 is 20.4 Å². The first-order chi connectivity index (χ1) is 13.6. The molecule has 8 nitrogen and oxygen atoms in total. The van der Waals surface area contributed by atoms with E-state index in [9.17, 15) is 9.59 Å². The fourth-order valence-electron chi connectivity index (χ4n) is 3.03. The molecule has 0 unspecified atom stereocenters. The molecule has 2 N–H and O–H groups in total. The zero-order valence-corrected chi connectivity index (χ0v) is 16.0. The van der Waals surface area contributed by atoms with Gasteiger partial charge in [-0.2, -0.15) is 0 Å².